The predicted octanol–water partition coefficient (Wildman–Crippen LogP) is 6.07. The average molecular weight is 301 g/mol. The second-order valence-corrected chi connectivity index (χ2v) is 5.96. The highest BCUT2D eigenvalue weighted by atomic mass is 14.2. The van der Waals surface area contributed by atoms with E-state index in [0.717, 1.165) is 11.1 Å². The van der Waals surface area contributed by atoms with E-state index in [4.69, 9.17) is 0 Å². The van der Waals surface area contributed by atoms with E-state index in [0.29, 0.717) is 0 Å². The monoisotopic (exact) mass is 301 g/mol. The summed E-state index contributed by atoms with van der Waals surface area (Å²) in [6, 6.07) is 37.2. The van der Waals surface area contributed by atoms with Crippen LogP contribution in [0.15, 0.2) is 78.9 Å². The molecular formula is C24H13. The molecular weight excluding hydrogens is 288 g/mol. The van der Waals surface area contributed by atoms with Gasteiger partial charge < -0.3 is 0 Å². The number of benzene rings is 4. The topological polar surface area (TPSA) is 0 Å². The van der Waals surface area contributed by atoms with Crippen LogP contribution in [-0.4, -0.2) is 0 Å². The summed E-state index contributed by atoms with van der Waals surface area (Å²) in [7, 11) is 0. The molecule has 24 heavy (non-hydrogen) atoms. The van der Waals surface area contributed by atoms with Crippen molar-refractivity contribution in [2.45, 2.75) is 0 Å². The Morgan fingerprint density at radius 2 is 0.875 bits per heavy atom. The molecule has 0 saturated carbocycles. The van der Waals surface area contributed by atoms with E-state index in [1.807, 2.05) is 6.07 Å². The lowest BCUT2D eigenvalue weighted by Crippen LogP contribution is -1.96. The Labute approximate surface area is 142 Å². The fourth-order valence-corrected chi connectivity index (χ4v) is 3.61. The number of fused-ring (bicyclic) bond motifs is 8. The zero-order valence-corrected chi connectivity index (χ0v) is 13.0. The lowest BCUT2D eigenvalue weighted by Gasteiger charge is -2.22. The molecule has 0 unspecified atom stereocenters. The maximum atomic E-state index is 3.30. The van der Waals surface area contributed by atoms with Crippen LogP contribution in [0.2, 0.25) is 0 Å². The van der Waals surface area contributed by atoms with Crippen LogP contribution in [0.25, 0.3) is 44.5 Å². The van der Waals surface area contributed by atoms with Crippen molar-refractivity contribution in [3.8, 4) is 44.5 Å². The molecule has 0 bridgehead atoms. The summed E-state index contributed by atoms with van der Waals surface area (Å²) in [6.07, 6.45) is 0. The van der Waals surface area contributed by atoms with Crippen molar-refractivity contribution in [1.82, 2.24) is 0 Å². The van der Waals surface area contributed by atoms with Gasteiger partial charge in [-0.1, -0.05) is 72.8 Å². The summed E-state index contributed by atoms with van der Waals surface area (Å²) in [6.45, 7) is 0. The summed E-state index contributed by atoms with van der Waals surface area (Å²) in [5.74, 6) is 0. The smallest absolute Gasteiger partial charge is 0.0000699 e. The van der Waals surface area contributed by atoms with Gasteiger partial charge in [0.1, 0.15) is 0 Å². The van der Waals surface area contributed by atoms with Gasteiger partial charge in [0.2, 0.25) is 0 Å². The molecule has 0 aromatic heterocycles. The van der Waals surface area contributed by atoms with E-state index in [2.05, 4.69) is 91.0 Å². The molecule has 4 aromatic carbocycles. The van der Waals surface area contributed by atoms with Gasteiger partial charge in [0.05, 0.1) is 0 Å². The molecule has 0 amide bonds. The molecule has 1 aliphatic carbocycles. The molecule has 1 aliphatic rings. The summed E-state index contributed by atoms with van der Waals surface area (Å²) in [5.41, 5.74) is 9.66. The molecule has 5 rings (SSSR count). The van der Waals surface area contributed by atoms with Gasteiger partial charge in [-0.2, -0.15) is 0 Å². The molecule has 0 atom stereocenters. The SMILES string of the molecule is [c]1[c]cc2c([c]1)-c1ccccc1-c1ccccc1-c1ccccc1-2. The Kier molecular flexibility index (Phi) is 2.89. The molecule has 0 nitrogen and oxygen atoms in total. The van der Waals surface area contributed by atoms with E-state index in [9.17, 15) is 0 Å². The lowest BCUT2D eigenvalue weighted by molar-refractivity contribution is 1.51. The number of hydrogen-bond donors (Lipinski definition) is 0. The van der Waals surface area contributed by atoms with Crippen molar-refractivity contribution in [2.24, 2.45) is 0 Å². The van der Waals surface area contributed by atoms with Crippen molar-refractivity contribution in [3.05, 3.63) is 97.1 Å². The van der Waals surface area contributed by atoms with Crippen molar-refractivity contribution in [3.63, 3.8) is 0 Å². The van der Waals surface area contributed by atoms with Crippen molar-refractivity contribution in [2.75, 3.05) is 0 Å². The van der Waals surface area contributed by atoms with E-state index >= 15 is 0 Å². The van der Waals surface area contributed by atoms with Crippen LogP contribution in [0.3, 0.4) is 0 Å². The van der Waals surface area contributed by atoms with Crippen LogP contribution in [0, 0.1) is 18.2 Å². The minimum Gasteiger partial charge on any atom is -0.0616 e. The highest BCUT2D eigenvalue weighted by Gasteiger charge is 2.20. The summed E-state index contributed by atoms with van der Waals surface area (Å²) < 4.78 is 0. The van der Waals surface area contributed by atoms with Gasteiger partial charge in [0, 0.05) is 0 Å². The van der Waals surface area contributed by atoms with Crippen molar-refractivity contribution < 1.29 is 0 Å². The third kappa shape index (κ3) is 1.87. The predicted molar refractivity (Wildman–Crippen MR) is 98.3 cm³/mol. The molecule has 0 heterocycles. The number of hydrogen-bond acceptors (Lipinski definition) is 0. The third-order valence-electron chi connectivity index (χ3n) is 4.67. The van der Waals surface area contributed by atoms with Gasteiger partial charge in [0.15, 0.2) is 0 Å². The van der Waals surface area contributed by atoms with Crippen LogP contribution < -0.4 is 0 Å². The maximum absolute atomic E-state index is 3.30. The van der Waals surface area contributed by atoms with E-state index in [-0.39, 0.29) is 0 Å². The van der Waals surface area contributed by atoms with Crippen molar-refractivity contribution in [1.29, 1.82) is 0 Å². The summed E-state index contributed by atoms with van der Waals surface area (Å²) in [5, 5.41) is 0. The fraction of sp³-hybridized carbons (Fsp3) is 0. The van der Waals surface area contributed by atoms with E-state index in [1.165, 1.54) is 33.4 Å². The van der Waals surface area contributed by atoms with E-state index < -0.39 is 0 Å². The summed E-state index contributed by atoms with van der Waals surface area (Å²) in [4.78, 5) is 0. The molecule has 0 aliphatic heterocycles. The molecule has 0 saturated heterocycles. The standard InChI is InChI=1S/C24H13/c1-2-10-18-17(9-1)19-11-3-4-13-21(19)23-15-7-8-16-24(23)22-14-6-5-12-20(18)22/h1-6,9-15H. The Bertz CT molecular complexity index is 769. The average Bonchev–Trinajstić information content (AvgIpc) is 2.67. The quantitative estimate of drug-likeness (QED) is 0.326. The van der Waals surface area contributed by atoms with Crippen LogP contribution in [0.4, 0.5) is 0 Å². The zero-order chi connectivity index (χ0) is 15.9. The molecule has 0 heteroatoms. The molecule has 0 spiro atoms. The first-order valence-corrected chi connectivity index (χ1v) is 8.06. The van der Waals surface area contributed by atoms with Crippen LogP contribution >= 0.6 is 0 Å². The van der Waals surface area contributed by atoms with Gasteiger partial charge in [-0.05, 0) is 68.8 Å². The Balaban J connectivity index is 2.01. The third-order valence-corrected chi connectivity index (χ3v) is 4.67. The lowest BCUT2D eigenvalue weighted by atomic mass is 9.81. The summed E-state index contributed by atoms with van der Waals surface area (Å²) >= 11 is 0. The van der Waals surface area contributed by atoms with Gasteiger partial charge in [-0.3, -0.25) is 0 Å². The van der Waals surface area contributed by atoms with Crippen LogP contribution in [0.5, 0.6) is 0 Å². The second kappa shape index (κ2) is 5.21. The fourth-order valence-electron chi connectivity index (χ4n) is 3.61. The highest BCUT2D eigenvalue weighted by Crippen LogP contribution is 2.46. The van der Waals surface area contributed by atoms with Crippen molar-refractivity contribution >= 4 is 0 Å². The molecule has 0 fully saturated rings. The van der Waals surface area contributed by atoms with Gasteiger partial charge >= 0.3 is 0 Å². The van der Waals surface area contributed by atoms with Gasteiger partial charge in [-0.25, -0.2) is 0 Å². The number of rotatable bonds is 0. The van der Waals surface area contributed by atoms with E-state index in [1.54, 1.807) is 0 Å². The highest BCUT2D eigenvalue weighted by molar-refractivity contribution is 6.02. The molecule has 109 valence electrons. The largest absolute Gasteiger partial charge is 0.0616 e. The van der Waals surface area contributed by atoms with Crippen LogP contribution in [-0.2, 0) is 0 Å². The first-order valence-electron chi connectivity index (χ1n) is 8.06. The van der Waals surface area contributed by atoms with Gasteiger partial charge in [0.25, 0.3) is 0 Å². The van der Waals surface area contributed by atoms with Crippen LogP contribution in [0.1, 0.15) is 0 Å². The Morgan fingerprint density at radius 3 is 1.42 bits per heavy atom. The first-order chi connectivity index (χ1) is 11.9. The minimum atomic E-state index is 1.09. The normalized spacial score (nSPS) is 11.3. The minimum absolute atomic E-state index is 1.09. The zero-order valence-electron chi connectivity index (χ0n) is 13.0. The Morgan fingerprint density at radius 1 is 0.458 bits per heavy atom. The second-order valence-electron chi connectivity index (χ2n) is 5.96. The molecule has 4 aromatic rings. The molecule has 3 radical (unpaired) electrons. The first kappa shape index (κ1) is 13.3. The Hall–Kier alpha value is -3.12. The maximum Gasteiger partial charge on any atom is -0.0000699 e. The molecule has 0 N–H and O–H groups in total. The van der Waals surface area contributed by atoms with Gasteiger partial charge in [-0.15, -0.1) is 0 Å².